The minimum atomic E-state index is -0.802. The maximum atomic E-state index is 13.1. The van der Waals surface area contributed by atoms with Crippen LogP contribution in [0.3, 0.4) is 0 Å². The third-order valence-corrected chi connectivity index (χ3v) is 5.18. The zero-order valence-corrected chi connectivity index (χ0v) is 18.6. The molecular formula is C25H24N2O6. The van der Waals surface area contributed by atoms with E-state index in [0.717, 1.165) is 16.0 Å². The highest BCUT2D eigenvalue weighted by Crippen LogP contribution is 2.26. The van der Waals surface area contributed by atoms with E-state index in [9.17, 15) is 19.2 Å². The van der Waals surface area contributed by atoms with E-state index in [-0.39, 0.29) is 12.2 Å². The molecule has 1 aliphatic rings. The van der Waals surface area contributed by atoms with Crippen LogP contribution in [0, 0.1) is 13.8 Å². The van der Waals surface area contributed by atoms with Crippen LogP contribution in [-0.4, -0.2) is 37.5 Å². The van der Waals surface area contributed by atoms with E-state index in [2.05, 4.69) is 16.6 Å². The molecule has 0 unspecified atom stereocenters. The molecule has 8 nitrogen and oxygen atoms in total. The molecule has 0 spiro atoms. The van der Waals surface area contributed by atoms with Crippen molar-refractivity contribution in [2.75, 3.05) is 18.6 Å². The lowest BCUT2D eigenvalue weighted by molar-refractivity contribution is -0.143. The van der Waals surface area contributed by atoms with E-state index in [1.807, 2.05) is 13.8 Å². The monoisotopic (exact) mass is 448 g/mol. The first kappa shape index (κ1) is 23.5. The van der Waals surface area contributed by atoms with Crippen molar-refractivity contribution in [1.29, 1.82) is 0 Å². The molecule has 2 aromatic rings. The minimum absolute atomic E-state index is 0.180. The molecular weight excluding hydrogens is 424 g/mol. The molecule has 0 radical (unpaired) electrons. The largest absolute Gasteiger partial charge is 0.482 e. The molecule has 3 rings (SSSR count). The van der Waals surface area contributed by atoms with Gasteiger partial charge in [-0.3, -0.25) is 14.9 Å². The van der Waals surface area contributed by atoms with E-state index < -0.39 is 23.8 Å². The number of hydrogen-bond acceptors (Lipinski definition) is 6. The number of amides is 4. The molecule has 4 amide bonds. The van der Waals surface area contributed by atoms with E-state index in [1.54, 1.807) is 42.5 Å². The van der Waals surface area contributed by atoms with Crippen molar-refractivity contribution >= 4 is 35.6 Å². The summed E-state index contributed by atoms with van der Waals surface area (Å²) >= 11 is 0. The Morgan fingerprint density at radius 1 is 1.09 bits per heavy atom. The second-order valence-corrected chi connectivity index (χ2v) is 7.45. The van der Waals surface area contributed by atoms with Crippen LogP contribution >= 0.6 is 0 Å². The zero-order valence-electron chi connectivity index (χ0n) is 18.6. The number of carbonyl (C=O) groups is 4. The lowest BCUT2D eigenvalue weighted by atomic mass is 10.0. The minimum Gasteiger partial charge on any atom is -0.482 e. The Morgan fingerprint density at radius 3 is 2.52 bits per heavy atom. The van der Waals surface area contributed by atoms with Gasteiger partial charge in [0.15, 0.2) is 6.61 Å². The van der Waals surface area contributed by atoms with Gasteiger partial charge in [0.2, 0.25) is 0 Å². The number of nitrogens with one attached hydrogen (secondary N) is 1. The molecule has 1 heterocycles. The SMILES string of the molecule is C=CCc1cc(/C=C2\C(=O)NC(=O)N(c3ccc(C)c(C)c3)C2=O)ccc1OCC(=O)OC. The van der Waals surface area contributed by atoms with Crippen LogP contribution < -0.4 is 15.0 Å². The third kappa shape index (κ3) is 5.17. The Morgan fingerprint density at radius 2 is 1.85 bits per heavy atom. The maximum absolute atomic E-state index is 13.1. The van der Waals surface area contributed by atoms with Crippen molar-refractivity contribution < 1.29 is 28.7 Å². The first-order valence-corrected chi connectivity index (χ1v) is 10.2. The van der Waals surface area contributed by atoms with Gasteiger partial charge < -0.3 is 9.47 Å². The number of carbonyl (C=O) groups excluding carboxylic acids is 4. The summed E-state index contributed by atoms with van der Waals surface area (Å²) in [5, 5.41) is 2.22. The van der Waals surface area contributed by atoms with E-state index in [4.69, 9.17) is 4.74 Å². The number of benzene rings is 2. The number of rotatable bonds is 7. The van der Waals surface area contributed by atoms with Gasteiger partial charge in [0.25, 0.3) is 11.8 Å². The topological polar surface area (TPSA) is 102 Å². The van der Waals surface area contributed by atoms with Gasteiger partial charge in [-0.2, -0.15) is 0 Å². The number of allylic oxidation sites excluding steroid dienone is 1. The van der Waals surface area contributed by atoms with Gasteiger partial charge >= 0.3 is 12.0 Å². The normalized spacial score (nSPS) is 14.8. The Labute approximate surface area is 191 Å². The molecule has 8 heteroatoms. The molecule has 0 saturated carbocycles. The molecule has 2 aromatic carbocycles. The van der Waals surface area contributed by atoms with E-state index in [1.165, 1.54) is 13.2 Å². The van der Waals surface area contributed by atoms with Crippen LogP contribution in [0.15, 0.2) is 54.6 Å². The number of ether oxygens (including phenoxy) is 2. The fourth-order valence-corrected chi connectivity index (χ4v) is 3.26. The van der Waals surface area contributed by atoms with Gasteiger partial charge in [0.05, 0.1) is 12.8 Å². The lowest BCUT2D eigenvalue weighted by Crippen LogP contribution is -2.54. The number of hydrogen-bond donors (Lipinski definition) is 1. The standard InChI is InChI=1S/C25H24N2O6/c1-5-6-18-12-17(8-10-21(18)33-14-22(28)32-4)13-20-23(29)26-25(31)27(24(20)30)19-9-7-15(2)16(3)11-19/h5,7-13H,1,6,14H2,2-4H3,(H,26,29,31)/b20-13+. The maximum Gasteiger partial charge on any atom is 0.343 e. The van der Waals surface area contributed by atoms with Gasteiger partial charge in [0, 0.05) is 0 Å². The first-order chi connectivity index (χ1) is 15.7. The van der Waals surface area contributed by atoms with Gasteiger partial charge in [0.1, 0.15) is 11.3 Å². The second-order valence-electron chi connectivity index (χ2n) is 7.45. The molecule has 170 valence electrons. The number of methoxy groups -OCH3 is 1. The highest BCUT2D eigenvalue weighted by molar-refractivity contribution is 6.39. The van der Waals surface area contributed by atoms with Crippen LogP contribution in [0.5, 0.6) is 5.75 Å². The molecule has 1 saturated heterocycles. The summed E-state index contributed by atoms with van der Waals surface area (Å²) in [6.45, 7) is 7.26. The molecule has 1 fully saturated rings. The molecule has 0 atom stereocenters. The Bertz CT molecular complexity index is 1180. The number of nitrogens with zero attached hydrogens (tertiary/aromatic N) is 1. The van der Waals surface area contributed by atoms with Crippen molar-refractivity contribution in [3.8, 4) is 5.75 Å². The number of urea groups is 1. The van der Waals surface area contributed by atoms with E-state index in [0.29, 0.717) is 29.0 Å². The summed E-state index contributed by atoms with van der Waals surface area (Å²) in [6, 6.07) is 9.37. The summed E-state index contributed by atoms with van der Waals surface area (Å²) in [4.78, 5) is 50.3. The Kier molecular flexibility index (Phi) is 7.07. The smallest absolute Gasteiger partial charge is 0.343 e. The molecule has 0 aliphatic carbocycles. The number of imide groups is 2. The summed E-state index contributed by atoms with van der Waals surface area (Å²) in [5.41, 5.74) is 3.37. The molecule has 1 N–H and O–H groups in total. The first-order valence-electron chi connectivity index (χ1n) is 10.2. The van der Waals surface area contributed by atoms with Crippen LogP contribution in [0.1, 0.15) is 22.3 Å². The molecule has 0 aromatic heterocycles. The van der Waals surface area contributed by atoms with Crippen LogP contribution in [0.4, 0.5) is 10.5 Å². The average molecular weight is 448 g/mol. The van der Waals surface area contributed by atoms with Crippen molar-refractivity contribution in [3.63, 3.8) is 0 Å². The molecule has 0 bridgehead atoms. The van der Waals surface area contributed by atoms with Crippen LogP contribution in [-0.2, 0) is 25.5 Å². The number of anilines is 1. The fourth-order valence-electron chi connectivity index (χ4n) is 3.26. The quantitative estimate of drug-likeness (QED) is 0.302. The zero-order chi connectivity index (χ0) is 24.1. The lowest BCUT2D eigenvalue weighted by Gasteiger charge is -2.27. The summed E-state index contributed by atoms with van der Waals surface area (Å²) in [7, 11) is 1.27. The molecule has 1 aliphatic heterocycles. The van der Waals surface area contributed by atoms with Gasteiger partial charge in [-0.15, -0.1) is 6.58 Å². The van der Waals surface area contributed by atoms with Crippen molar-refractivity contribution in [2.45, 2.75) is 20.3 Å². The van der Waals surface area contributed by atoms with Crippen molar-refractivity contribution in [1.82, 2.24) is 5.32 Å². The second kappa shape index (κ2) is 9.95. The van der Waals surface area contributed by atoms with Crippen molar-refractivity contribution in [3.05, 3.63) is 76.9 Å². The average Bonchev–Trinajstić information content (AvgIpc) is 2.78. The predicted molar refractivity (Wildman–Crippen MR) is 123 cm³/mol. The number of barbiturate groups is 1. The summed E-state index contributed by atoms with van der Waals surface area (Å²) in [6.07, 6.45) is 3.51. The number of aryl methyl sites for hydroxylation is 2. The van der Waals surface area contributed by atoms with Gasteiger partial charge in [-0.05, 0) is 72.9 Å². The fraction of sp³-hybridized carbons (Fsp3) is 0.200. The Balaban J connectivity index is 1.95. The predicted octanol–water partition coefficient (Wildman–Crippen LogP) is 3.25. The highest BCUT2D eigenvalue weighted by Gasteiger charge is 2.36. The van der Waals surface area contributed by atoms with E-state index >= 15 is 0 Å². The molecule has 33 heavy (non-hydrogen) atoms. The van der Waals surface area contributed by atoms with Crippen molar-refractivity contribution in [2.24, 2.45) is 0 Å². The number of esters is 1. The van der Waals surface area contributed by atoms with Gasteiger partial charge in [-0.25, -0.2) is 14.5 Å². The Hall–Kier alpha value is -4.20. The summed E-state index contributed by atoms with van der Waals surface area (Å²) < 4.78 is 10.1. The summed E-state index contributed by atoms with van der Waals surface area (Å²) in [5.74, 6) is -1.57. The highest BCUT2D eigenvalue weighted by atomic mass is 16.6. The van der Waals surface area contributed by atoms with Crippen LogP contribution in [0.2, 0.25) is 0 Å². The van der Waals surface area contributed by atoms with Gasteiger partial charge in [-0.1, -0.05) is 18.2 Å². The third-order valence-electron chi connectivity index (χ3n) is 5.18. The van der Waals surface area contributed by atoms with Crippen LogP contribution in [0.25, 0.3) is 6.08 Å².